The molecule has 0 saturated carbocycles. The first-order valence-corrected chi connectivity index (χ1v) is 14.0. The molecule has 6 rings (SSSR count). The van der Waals surface area contributed by atoms with Crippen molar-refractivity contribution < 1.29 is 8.42 Å². The Kier molecular flexibility index (Phi) is 5.90. The molecular weight excluding hydrogens is 488 g/mol. The van der Waals surface area contributed by atoms with Crippen LogP contribution in [0.4, 0.5) is 0 Å². The summed E-state index contributed by atoms with van der Waals surface area (Å²) in [6.07, 6.45) is 0. The molecular formula is C33H26N2O2S. The van der Waals surface area contributed by atoms with Crippen LogP contribution in [0.25, 0.3) is 16.5 Å². The molecule has 0 radical (unpaired) electrons. The Labute approximate surface area is 223 Å². The van der Waals surface area contributed by atoms with E-state index in [1.807, 2.05) is 98.9 Å². The van der Waals surface area contributed by atoms with E-state index in [-0.39, 0.29) is 10.8 Å². The zero-order chi connectivity index (χ0) is 26.3. The summed E-state index contributed by atoms with van der Waals surface area (Å²) in [5.74, 6) is 6.33. The monoisotopic (exact) mass is 514 g/mol. The van der Waals surface area contributed by atoms with Gasteiger partial charge in [-0.05, 0) is 48.4 Å². The molecule has 5 aromatic rings. The van der Waals surface area contributed by atoms with Gasteiger partial charge in [0.15, 0.2) is 0 Å². The molecule has 5 heteroatoms. The highest BCUT2D eigenvalue weighted by atomic mass is 32.2. The summed E-state index contributed by atoms with van der Waals surface area (Å²) in [7, 11) is -1.85. The molecule has 38 heavy (non-hydrogen) atoms. The van der Waals surface area contributed by atoms with Gasteiger partial charge in [-0.1, -0.05) is 96.3 Å². The lowest BCUT2D eigenvalue weighted by Gasteiger charge is -2.19. The molecule has 0 bridgehead atoms. The summed E-state index contributed by atoms with van der Waals surface area (Å²) in [5.41, 5.74) is 7.21. The van der Waals surface area contributed by atoms with Crippen molar-refractivity contribution in [1.82, 2.24) is 9.29 Å². The number of rotatable bonds is 4. The second kappa shape index (κ2) is 9.41. The fourth-order valence-electron chi connectivity index (χ4n) is 5.23. The second-order valence-corrected chi connectivity index (χ2v) is 11.2. The Morgan fingerprint density at radius 1 is 0.763 bits per heavy atom. The van der Waals surface area contributed by atoms with Crippen molar-refractivity contribution in [1.29, 1.82) is 0 Å². The van der Waals surface area contributed by atoms with E-state index in [0.717, 1.165) is 38.9 Å². The smallest absolute Gasteiger partial charge is 0.261 e. The maximum atomic E-state index is 13.7. The van der Waals surface area contributed by atoms with Crippen LogP contribution >= 0.6 is 0 Å². The van der Waals surface area contributed by atoms with E-state index in [9.17, 15) is 8.42 Å². The van der Waals surface area contributed by atoms with Gasteiger partial charge in [-0.2, -0.15) is 0 Å². The fourth-order valence-corrected chi connectivity index (χ4v) is 6.35. The van der Waals surface area contributed by atoms with Crippen LogP contribution in [0.5, 0.6) is 0 Å². The Balaban J connectivity index is 1.63. The van der Waals surface area contributed by atoms with Gasteiger partial charge in [-0.3, -0.25) is 4.72 Å². The molecule has 1 aromatic heterocycles. The molecule has 0 spiro atoms. The van der Waals surface area contributed by atoms with Crippen molar-refractivity contribution >= 4 is 26.5 Å². The van der Waals surface area contributed by atoms with Crippen LogP contribution in [-0.2, 0) is 17.1 Å². The predicted octanol–water partition coefficient (Wildman–Crippen LogP) is 6.37. The number of allylic oxidation sites excluding steroid dienone is 2. The SMILES string of the molecule is Cc1ccc(S(=O)(=O)NC2=C(C#Cc3ccccc3)c3c(c4ccccc4n3C)[C@H]2c2ccccc2)cc1. The number of hydrogen-bond donors (Lipinski definition) is 1. The Morgan fingerprint density at radius 3 is 2.11 bits per heavy atom. The number of aromatic nitrogens is 1. The van der Waals surface area contributed by atoms with Crippen molar-refractivity contribution in [2.24, 2.45) is 7.05 Å². The summed E-state index contributed by atoms with van der Waals surface area (Å²) < 4.78 is 32.5. The van der Waals surface area contributed by atoms with E-state index in [1.54, 1.807) is 12.1 Å². The number of hydrogen-bond acceptors (Lipinski definition) is 2. The van der Waals surface area contributed by atoms with Gasteiger partial charge in [-0.25, -0.2) is 8.42 Å². The lowest BCUT2D eigenvalue weighted by atomic mass is 9.91. The lowest BCUT2D eigenvalue weighted by Crippen LogP contribution is -2.26. The third-order valence-electron chi connectivity index (χ3n) is 7.04. The molecule has 0 saturated heterocycles. The molecule has 0 unspecified atom stereocenters. The Hall–Kier alpha value is -4.53. The largest absolute Gasteiger partial charge is 0.343 e. The maximum Gasteiger partial charge on any atom is 0.261 e. The zero-order valence-electron chi connectivity index (χ0n) is 21.1. The van der Waals surface area contributed by atoms with Gasteiger partial charge >= 0.3 is 0 Å². The lowest BCUT2D eigenvalue weighted by molar-refractivity contribution is 0.587. The summed E-state index contributed by atoms with van der Waals surface area (Å²) in [4.78, 5) is 0.221. The predicted molar refractivity (Wildman–Crippen MR) is 153 cm³/mol. The van der Waals surface area contributed by atoms with Crippen molar-refractivity contribution in [3.05, 3.63) is 143 Å². The van der Waals surface area contributed by atoms with Crippen LogP contribution in [0, 0.1) is 18.8 Å². The summed E-state index contributed by atoms with van der Waals surface area (Å²) in [5, 5.41) is 1.09. The van der Waals surface area contributed by atoms with E-state index >= 15 is 0 Å². The quantitative estimate of drug-likeness (QED) is 0.283. The van der Waals surface area contributed by atoms with Gasteiger partial charge in [0.25, 0.3) is 10.0 Å². The molecule has 1 aliphatic rings. The number of nitrogens with one attached hydrogen (secondary N) is 1. The van der Waals surface area contributed by atoms with Gasteiger partial charge in [0.1, 0.15) is 0 Å². The van der Waals surface area contributed by atoms with E-state index in [4.69, 9.17) is 0 Å². The standard InChI is InChI=1S/C33H26N2O2S/c1-23-17-20-26(21-18-23)38(36,37)34-32-28(22-19-24-11-5-3-6-12-24)33-31(30(32)25-13-7-4-8-14-25)27-15-9-10-16-29(27)35(33)2/h3-18,20-21,30,34H,1-2H3/t30-/m1/s1. The third-order valence-corrected chi connectivity index (χ3v) is 8.43. The van der Waals surface area contributed by atoms with Crippen LogP contribution in [0.1, 0.15) is 33.9 Å². The van der Waals surface area contributed by atoms with Crippen LogP contribution in [0.2, 0.25) is 0 Å². The van der Waals surface area contributed by atoms with Crippen LogP contribution in [0.15, 0.2) is 120 Å². The molecule has 186 valence electrons. The van der Waals surface area contributed by atoms with E-state index < -0.39 is 10.0 Å². The first kappa shape index (κ1) is 23.8. The second-order valence-electron chi connectivity index (χ2n) is 9.51. The van der Waals surface area contributed by atoms with Crippen LogP contribution in [0.3, 0.4) is 0 Å². The minimum absolute atomic E-state index is 0.221. The van der Waals surface area contributed by atoms with Gasteiger partial charge in [0, 0.05) is 23.5 Å². The molecule has 1 N–H and O–H groups in total. The highest BCUT2D eigenvalue weighted by Gasteiger charge is 2.38. The van der Waals surface area contributed by atoms with E-state index in [2.05, 4.69) is 33.3 Å². The summed E-state index contributed by atoms with van der Waals surface area (Å²) >= 11 is 0. The Bertz CT molecular complexity index is 1860. The fraction of sp³-hybridized carbons (Fsp3) is 0.0909. The molecule has 0 aliphatic heterocycles. The molecule has 1 aliphatic carbocycles. The zero-order valence-corrected chi connectivity index (χ0v) is 22.0. The normalized spacial score (nSPS) is 14.7. The minimum atomic E-state index is -3.86. The highest BCUT2D eigenvalue weighted by Crippen LogP contribution is 2.49. The molecule has 1 atom stereocenters. The van der Waals surface area contributed by atoms with Crippen molar-refractivity contribution in [3.63, 3.8) is 0 Å². The molecule has 4 aromatic carbocycles. The van der Waals surface area contributed by atoms with Gasteiger partial charge in [0.05, 0.1) is 27.8 Å². The minimum Gasteiger partial charge on any atom is -0.343 e. The summed E-state index contributed by atoms with van der Waals surface area (Å²) in [6, 6.07) is 34.9. The van der Waals surface area contributed by atoms with Gasteiger partial charge in [0.2, 0.25) is 0 Å². The number of fused-ring (bicyclic) bond motifs is 3. The number of para-hydroxylation sites is 1. The Morgan fingerprint density at radius 2 is 1.39 bits per heavy atom. The first-order valence-electron chi connectivity index (χ1n) is 12.5. The highest BCUT2D eigenvalue weighted by molar-refractivity contribution is 7.89. The molecule has 4 nitrogen and oxygen atoms in total. The van der Waals surface area contributed by atoms with Gasteiger partial charge in [-0.15, -0.1) is 0 Å². The number of sulfonamides is 1. The van der Waals surface area contributed by atoms with E-state index in [1.165, 1.54) is 0 Å². The maximum absolute atomic E-state index is 13.7. The van der Waals surface area contributed by atoms with Crippen molar-refractivity contribution in [3.8, 4) is 11.8 Å². The van der Waals surface area contributed by atoms with Crippen molar-refractivity contribution in [2.75, 3.05) is 0 Å². The van der Waals surface area contributed by atoms with E-state index in [0.29, 0.717) is 11.3 Å². The average molecular weight is 515 g/mol. The van der Waals surface area contributed by atoms with Gasteiger partial charge < -0.3 is 4.57 Å². The summed E-state index contributed by atoms with van der Waals surface area (Å²) in [6.45, 7) is 1.94. The number of nitrogens with zero attached hydrogens (tertiary/aromatic N) is 1. The topological polar surface area (TPSA) is 51.1 Å². The first-order chi connectivity index (χ1) is 18.4. The average Bonchev–Trinajstić information content (AvgIpc) is 3.40. The number of aryl methyl sites for hydroxylation is 2. The third kappa shape index (κ3) is 4.09. The molecule has 1 heterocycles. The number of benzene rings is 4. The molecule has 0 amide bonds. The van der Waals surface area contributed by atoms with Crippen molar-refractivity contribution in [2.45, 2.75) is 17.7 Å². The van der Waals surface area contributed by atoms with Crippen LogP contribution in [-0.4, -0.2) is 13.0 Å². The molecule has 0 fully saturated rings. The van der Waals surface area contributed by atoms with Crippen LogP contribution < -0.4 is 4.72 Å².